The van der Waals surface area contributed by atoms with E-state index in [0.29, 0.717) is 0 Å². The van der Waals surface area contributed by atoms with Crippen LogP contribution in [-0.2, 0) is 19.6 Å². The van der Waals surface area contributed by atoms with Crippen LogP contribution >= 0.6 is 0 Å². The minimum atomic E-state index is -3.44. The monoisotopic (exact) mass is 332 g/mol. The molecule has 0 spiro atoms. The molecule has 0 saturated carbocycles. The quantitative estimate of drug-likeness (QED) is 0.780. The number of hydrogen-bond acceptors (Lipinski definition) is 7. The number of nitrogens with one attached hydrogen (secondary N) is 1. The van der Waals surface area contributed by atoms with E-state index in [1.807, 2.05) is 0 Å². The zero-order valence-corrected chi connectivity index (χ0v) is 14.0. The van der Waals surface area contributed by atoms with Gasteiger partial charge >= 0.3 is 5.97 Å². The minimum Gasteiger partial charge on any atom is -0.478 e. The van der Waals surface area contributed by atoms with Crippen molar-refractivity contribution in [3.05, 3.63) is 12.1 Å². The number of nitrogens with zero attached hydrogens (tertiary/aromatic N) is 1. The molecule has 1 aromatic rings. The first kappa shape index (κ1) is 18.0. The van der Waals surface area contributed by atoms with Crippen molar-refractivity contribution in [1.29, 1.82) is 0 Å². The highest BCUT2D eigenvalue weighted by molar-refractivity contribution is 7.92. The highest BCUT2D eigenvalue weighted by Crippen LogP contribution is 2.26. The molecule has 0 aliphatic rings. The third kappa shape index (κ3) is 6.61. The number of sulfonamides is 1. The first-order chi connectivity index (χ1) is 10.00. The Labute approximate surface area is 129 Å². The van der Waals surface area contributed by atoms with Gasteiger partial charge in [-0.05, 0) is 32.9 Å². The molecule has 0 atom stereocenters. The fourth-order valence-electron chi connectivity index (χ4n) is 1.44. The molecule has 1 rings (SSSR count). The van der Waals surface area contributed by atoms with Crippen molar-refractivity contribution in [3.8, 4) is 11.6 Å². The Balaban J connectivity index is 2.77. The van der Waals surface area contributed by atoms with Crippen LogP contribution in [0.3, 0.4) is 0 Å². The van der Waals surface area contributed by atoms with Crippen molar-refractivity contribution < 1.29 is 27.4 Å². The lowest BCUT2D eigenvalue weighted by Crippen LogP contribution is -2.27. The lowest BCUT2D eigenvalue weighted by atomic mass is 10.2. The molecule has 0 radical (unpaired) electrons. The third-order valence-corrected chi connectivity index (χ3v) is 2.65. The average Bonchev–Trinajstić information content (AvgIpc) is 2.33. The third-order valence-electron chi connectivity index (χ3n) is 2.07. The van der Waals surface area contributed by atoms with Gasteiger partial charge in [0.1, 0.15) is 11.4 Å². The number of carbonyl (C=O) groups is 1. The highest BCUT2D eigenvalue weighted by atomic mass is 32.2. The van der Waals surface area contributed by atoms with Gasteiger partial charge in [0.2, 0.25) is 10.0 Å². The molecular formula is C13H20N2O6S. The minimum absolute atomic E-state index is 0.0530. The lowest BCUT2D eigenvalue weighted by molar-refractivity contribution is -0.157. The maximum absolute atomic E-state index is 11.6. The number of carbonyl (C=O) groups excluding carboxylic acids is 1. The number of anilines is 1. The van der Waals surface area contributed by atoms with E-state index in [0.717, 1.165) is 6.26 Å². The lowest BCUT2D eigenvalue weighted by Gasteiger charge is -2.19. The zero-order chi connectivity index (χ0) is 17.0. The van der Waals surface area contributed by atoms with Gasteiger partial charge < -0.3 is 14.2 Å². The van der Waals surface area contributed by atoms with E-state index in [-0.39, 0.29) is 24.1 Å². The van der Waals surface area contributed by atoms with Crippen molar-refractivity contribution in [1.82, 2.24) is 4.98 Å². The fraction of sp³-hybridized carbons (Fsp3) is 0.538. The van der Waals surface area contributed by atoms with Gasteiger partial charge in [0.15, 0.2) is 12.4 Å². The second kappa shape index (κ2) is 6.82. The van der Waals surface area contributed by atoms with Gasteiger partial charge in [0, 0.05) is 0 Å². The summed E-state index contributed by atoms with van der Waals surface area (Å²) in [5, 5.41) is 0. The van der Waals surface area contributed by atoms with Crippen molar-refractivity contribution in [2.45, 2.75) is 26.4 Å². The van der Waals surface area contributed by atoms with Crippen LogP contribution in [-0.4, -0.2) is 44.9 Å². The maximum Gasteiger partial charge on any atom is 0.344 e. The first-order valence-electron chi connectivity index (χ1n) is 6.37. The second-order valence-electron chi connectivity index (χ2n) is 5.45. The molecule has 0 aliphatic heterocycles. The topological polar surface area (TPSA) is 104 Å². The predicted octanol–water partition coefficient (Wildman–Crippen LogP) is 1.18. The van der Waals surface area contributed by atoms with Gasteiger partial charge in [-0.15, -0.1) is 0 Å². The number of rotatable bonds is 6. The summed E-state index contributed by atoms with van der Waals surface area (Å²) in [5.74, 6) is -0.193. The molecule has 0 unspecified atom stereocenters. The smallest absolute Gasteiger partial charge is 0.344 e. The molecule has 22 heavy (non-hydrogen) atoms. The molecule has 0 aromatic carbocycles. The van der Waals surface area contributed by atoms with Gasteiger partial charge in [-0.1, -0.05) is 0 Å². The summed E-state index contributed by atoms with van der Waals surface area (Å²) in [7, 11) is -2.09. The van der Waals surface area contributed by atoms with Crippen molar-refractivity contribution >= 4 is 21.8 Å². The van der Waals surface area contributed by atoms with Gasteiger partial charge in [0.25, 0.3) is 5.88 Å². The average molecular weight is 332 g/mol. The Bertz CT molecular complexity index is 636. The Kier molecular flexibility index (Phi) is 5.59. The van der Waals surface area contributed by atoms with Crippen molar-refractivity contribution in [3.63, 3.8) is 0 Å². The summed E-state index contributed by atoms with van der Waals surface area (Å²) in [6.45, 7) is 4.93. The molecule has 0 amide bonds. The molecule has 1 heterocycles. The second-order valence-corrected chi connectivity index (χ2v) is 7.20. The van der Waals surface area contributed by atoms with Crippen LogP contribution in [0.25, 0.3) is 0 Å². The molecule has 0 aliphatic carbocycles. The van der Waals surface area contributed by atoms with Gasteiger partial charge in [-0.2, -0.15) is 4.98 Å². The molecule has 0 bridgehead atoms. The summed E-state index contributed by atoms with van der Waals surface area (Å²) < 4.78 is 39.9. The molecule has 1 N–H and O–H groups in total. The normalized spacial score (nSPS) is 11.7. The van der Waals surface area contributed by atoms with Gasteiger partial charge in [-0.3, -0.25) is 4.72 Å². The van der Waals surface area contributed by atoms with E-state index in [9.17, 15) is 13.2 Å². The number of aromatic nitrogens is 1. The maximum atomic E-state index is 11.6. The molecule has 1 aromatic heterocycles. The van der Waals surface area contributed by atoms with E-state index in [4.69, 9.17) is 14.2 Å². The number of pyridine rings is 1. The molecule has 8 nitrogen and oxygen atoms in total. The van der Waals surface area contributed by atoms with Crippen molar-refractivity contribution in [2.24, 2.45) is 0 Å². The Morgan fingerprint density at radius 1 is 1.32 bits per heavy atom. The van der Waals surface area contributed by atoms with Gasteiger partial charge in [0.05, 0.1) is 13.4 Å². The van der Waals surface area contributed by atoms with Crippen LogP contribution in [0.4, 0.5) is 5.82 Å². The number of ether oxygens (including phenoxy) is 3. The van der Waals surface area contributed by atoms with E-state index >= 15 is 0 Å². The number of hydrogen-bond donors (Lipinski definition) is 1. The van der Waals surface area contributed by atoms with E-state index in [1.54, 1.807) is 20.8 Å². The van der Waals surface area contributed by atoms with Crippen LogP contribution in [0.2, 0.25) is 0 Å². The molecule has 0 saturated heterocycles. The SMILES string of the molecule is COc1nc(NS(C)(=O)=O)ccc1OCC(=O)OC(C)(C)C. The van der Waals surface area contributed by atoms with Crippen molar-refractivity contribution in [2.75, 3.05) is 24.7 Å². The molecule has 124 valence electrons. The summed E-state index contributed by atoms with van der Waals surface area (Å²) in [6.07, 6.45) is 1.01. The Morgan fingerprint density at radius 3 is 2.45 bits per heavy atom. The van der Waals surface area contributed by atoms with Crippen LogP contribution in [0.1, 0.15) is 20.8 Å². The molecular weight excluding hydrogens is 312 g/mol. The highest BCUT2D eigenvalue weighted by Gasteiger charge is 2.18. The number of methoxy groups -OCH3 is 1. The largest absolute Gasteiger partial charge is 0.478 e. The van der Waals surface area contributed by atoms with Crippen LogP contribution in [0.5, 0.6) is 11.6 Å². The fourth-order valence-corrected chi connectivity index (χ4v) is 1.93. The Hall–Kier alpha value is -2.03. The standard InChI is InChI=1S/C13H20N2O6S/c1-13(2,3)21-11(16)8-20-9-6-7-10(14-12(9)19-4)15-22(5,17)18/h6-7H,8H2,1-5H3,(H,14,15). The van der Waals surface area contributed by atoms with Crippen LogP contribution < -0.4 is 14.2 Å². The first-order valence-corrected chi connectivity index (χ1v) is 8.27. The number of esters is 1. The molecule has 9 heteroatoms. The van der Waals surface area contributed by atoms with E-state index in [2.05, 4.69) is 9.71 Å². The predicted molar refractivity (Wildman–Crippen MR) is 80.6 cm³/mol. The molecule has 0 fully saturated rings. The summed E-state index contributed by atoms with van der Waals surface area (Å²) in [6, 6.07) is 2.84. The summed E-state index contributed by atoms with van der Waals surface area (Å²) in [5.41, 5.74) is -0.605. The van der Waals surface area contributed by atoms with Crippen LogP contribution in [0.15, 0.2) is 12.1 Å². The van der Waals surface area contributed by atoms with E-state index in [1.165, 1.54) is 19.2 Å². The van der Waals surface area contributed by atoms with E-state index < -0.39 is 21.6 Å². The van der Waals surface area contributed by atoms with Gasteiger partial charge in [-0.25, -0.2) is 13.2 Å². The zero-order valence-electron chi connectivity index (χ0n) is 13.2. The Morgan fingerprint density at radius 2 is 1.95 bits per heavy atom. The summed E-state index contributed by atoms with van der Waals surface area (Å²) >= 11 is 0. The van der Waals surface area contributed by atoms with Crippen LogP contribution in [0, 0.1) is 0 Å². The summed E-state index contributed by atoms with van der Waals surface area (Å²) in [4.78, 5) is 15.5.